The van der Waals surface area contributed by atoms with E-state index < -0.39 is 31.5 Å². The zero-order valence-electron chi connectivity index (χ0n) is 11.0. The van der Waals surface area contributed by atoms with Crippen molar-refractivity contribution in [3.05, 3.63) is 29.8 Å². The fourth-order valence-electron chi connectivity index (χ4n) is 2.39. The van der Waals surface area contributed by atoms with Gasteiger partial charge in [0.25, 0.3) is 0 Å². The van der Waals surface area contributed by atoms with E-state index in [9.17, 15) is 26.0 Å². The molecule has 2 N–H and O–H groups in total. The van der Waals surface area contributed by atoms with Crippen molar-refractivity contribution in [2.75, 3.05) is 0 Å². The zero-order valence-corrected chi connectivity index (χ0v) is 11.8. The van der Waals surface area contributed by atoms with E-state index in [2.05, 4.69) is 0 Å². The van der Waals surface area contributed by atoms with E-state index >= 15 is 0 Å². The number of hydrogen-bond acceptors (Lipinski definition) is 3. The van der Waals surface area contributed by atoms with Gasteiger partial charge in [-0.05, 0) is 43.9 Å². The molecule has 0 saturated heterocycles. The molecular formula is C13H15F4NO2S. The third-order valence-electron chi connectivity index (χ3n) is 3.73. The summed E-state index contributed by atoms with van der Waals surface area (Å²) in [5.74, 6) is 0. The molecule has 1 aromatic rings. The Balaban J connectivity index is 2.40. The largest absolute Gasteiger partial charge is 0.416 e. The summed E-state index contributed by atoms with van der Waals surface area (Å²) in [4.78, 5) is -0.643. The Labute approximate surface area is 120 Å². The van der Waals surface area contributed by atoms with Crippen LogP contribution in [0.1, 0.15) is 31.2 Å². The summed E-state index contributed by atoms with van der Waals surface area (Å²) in [6, 6.07) is 2.91. The second-order valence-corrected chi connectivity index (χ2v) is 7.46. The predicted molar refractivity (Wildman–Crippen MR) is 68.9 cm³/mol. The Hall–Kier alpha value is -1.15. The highest BCUT2D eigenvalue weighted by Gasteiger charge is 2.47. The highest BCUT2D eigenvalue weighted by Crippen LogP contribution is 2.41. The minimum atomic E-state index is -4.68. The molecule has 0 bridgehead atoms. The predicted octanol–water partition coefficient (Wildman–Crippen LogP) is 3.05. The van der Waals surface area contributed by atoms with E-state index in [0.717, 1.165) is 18.2 Å². The van der Waals surface area contributed by atoms with Crippen molar-refractivity contribution in [2.24, 2.45) is 5.73 Å². The second kappa shape index (κ2) is 5.24. The number of alkyl halides is 4. The van der Waals surface area contributed by atoms with Gasteiger partial charge in [-0.15, -0.1) is 0 Å². The highest BCUT2D eigenvalue weighted by molar-refractivity contribution is 7.92. The molecular weight excluding hydrogens is 310 g/mol. The van der Waals surface area contributed by atoms with Gasteiger partial charge in [-0.3, -0.25) is 0 Å². The van der Waals surface area contributed by atoms with Crippen LogP contribution in [-0.2, 0) is 16.0 Å². The van der Waals surface area contributed by atoms with Crippen LogP contribution in [0, 0.1) is 0 Å². The molecule has 1 fully saturated rings. The topological polar surface area (TPSA) is 60.2 Å². The smallest absolute Gasteiger partial charge is 0.328 e. The van der Waals surface area contributed by atoms with Gasteiger partial charge in [0.2, 0.25) is 14.8 Å². The highest BCUT2D eigenvalue weighted by atomic mass is 32.2. The molecule has 8 heteroatoms. The van der Waals surface area contributed by atoms with Crippen molar-refractivity contribution in [3.8, 4) is 0 Å². The molecule has 0 aromatic heterocycles. The summed E-state index contributed by atoms with van der Waals surface area (Å²) in [5, 5.41) is -2.55. The van der Waals surface area contributed by atoms with Gasteiger partial charge in [-0.2, -0.15) is 13.2 Å². The molecule has 1 aliphatic rings. The first-order valence-electron chi connectivity index (χ1n) is 6.43. The average Bonchev–Trinajstić information content (AvgIpc) is 2.41. The van der Waals surface area contributed by atoms with Crippen molar-refractivity contribution >= 4 is 9.84 Å². The fourth-order valence-corrected chi connectivity index (χ4v) is 4.13. The first-order chi connectivity index (χ1) is 9.56. The number of rotatable bonds is 2. The molecule has 0 atom stereocenters. The molecule has 118 valence electrons. The zero-order chi connectivity index (χ0) is 15.9. The van der Waals surface area contributed by atoms with E-state index in [-0.39, 0.29) is 31.7 Å². The van der Waals surface area contributed by atoms with Crippen molar-refractivity contribution in [1.29, 1.82) is 0 Å². The van der Waals surface area contributed by atoms with Crippen LogP contribution in [0.3, 0.4) is 0 Å². The first kappa shape index (κ1) is 16.2. The first-order valence-corrected chi connectivity index (χ1v) is 7.91. The summed E-state index contributed by atoms with van der Waals surface area (Å²) in [6.07, 6.45) is -4.90. The SMILES string of the molecule is N[C@H]1CC[C@@](F)(S(=O)(=O)c2cccc(C(F)(F)F)c2)CC1. The minimum absolute atomic E-state index is 0.189. The standard InChI is InChI=1S/C13H15F4NO2S/c14-12(6-4-10(18)5-7-12)21(19,20)11-3-1-2-9(8-11)13(15,16)17/h1-3,8,10H,4-7,18H2/t10-,12+. The van der Waals surface area contributed by atoms with Crippen LogP contribution >= 0.6 is 0 Å². The molecule has 1 aromatic carbocycles. The molecule has 3 nitrogen and oxygen atoms in total. The maximum Gasteiger partial charge on any atom is 0.416 e. The average molecular weight is 325 g/mol. The number of sulfone groups is 1. The molecule has 0 amide bonds. The van der Waals surface area contributed by atoms with Crippen molar-refractivity contribution in [2.45, 2.75) is 47.8 Å². The van der Waals surface area contributed by atoms with E-state index in [1.54, 1.807) is 0 Å². The van der Waals surface area contributed by atoms with Crippen LogP contribution < -0.4 is 5.73 Å². The monoisotopic (exact) mass is 325 g/mol. The Morgan fingerprint density at radius 2 is 1.76 bits per heavy atom. The van der Waals surface area contributed by atoms with E-state index in [0.29, 0.717) is 6.07 Å². The summed E-state index contributed by atoms with van der Waals surface area (Å²) in [6.45, 7) is 0. The van der Waals surface area contributed by atoms with Crippen molar-refractivity contribution in [1.82, 2.24) is 0 Å². The lowest BCUT2D eigenvalue weighted by molar-refractivity contribution is -0.137. The number of halogens is 4. The van der Waals surface area contributed by atoms with Gasteiger partial charge >= 0.3 is 6.18 Å². The van der Waals surface area contributed by atoms with Gasteiger partial charge in [0, 0.05) is 6.04 Å². The third kappa shape index (κ3) is 3.06. The maximum absolute atomic E-state index is 14.7. The lowest BCUT2D eigenvalue weighted by Gasteiger charge is -2.32. The molecule has 0 radical (unpaired) electrons. The third-order valence-corrected chi connectivity index (χ3v) is 5.98. The molecule has 0 unspecified atom stereocenters. The molecule has 0 heterocycles. The van der Waals surface area contributed by atoms with E-state index in [1.807, 2.05) is 0 Å². The maximum atomic E-state index is 14.7. The lowest BCUT2D eigenvalue weighted by Crippen LogP contribution is -2.41. The number of hydrogen-bond donors (Lipinski definition) is 1. The lowest BCUT2D eigenvalue weighted by atomic mass is 9.94. The van der Waals surface area contributed by atoms with Gasteiger partial charge in [-0.25, -0.2) is 12.8 Å². The van der Waals surface area contributed by atoms with E-state index in [1.165, 1.54) is 0 Å². The Kier molecular flexibility index (Phi) is 4.05. The molecule has 21 heavy (non-hydrogen) atoms. The van der Waals surface area contributed by atoms with Gasteiger partial charge in [-0.1, -0.05) is 6.07 Å². The Morgan fingerprint density at radius 1 is 1.19 bits per heavy atom. The van der Waals surface area contributed by atoms with Gasteiger partial charge < -0.3 is 5.73 Å². The summed E-state index contributed by atoms with van der Waals surface area (Å²) in [7, 11) is -4.49. The fraction of sp³-hybridized carbons (Fsp3) is 0.538. The quantitative estimate of drug-likeness (QED) is 0.850. The van der Waals surface area contributed by atoms with Crippen LogP contribution in [0.2, 0.25) is 0 Å². The molecule has 0 spiro atoms. The van der Waals surface area contributed by atoms with Crippen molar-refractivity contribution in [3.63, 3.8) is 0 Å². The van der Waals surface area contributed by atoms with Crippen LogP contribution in [0.5, 0.6) is 0 Å². The summed E-state index contributed by atoms with van der Waals surface area (Å²) >= 11 is 0. The van der Waals surface area contributed by atoms with Crippen LogP contribution in [0.25, 0.3) is 0 Å². The Bertz CT molecular complexity index is 619. The normalized spacial score (nSPS) is 27.6. The molecule has 2 rings (SSSR count). The van der Waals surface area contributed by atoms with E-state index in [4.69, 9.17) is 5.73 Å². The Morgan fingerprint density at radius 3 is 2.29 bits per heavy atom. The molecule has 1 saturated carbocycles. The number of nitrogens with two attached hydrogens (primary N) is 1. The minimum Gasteiger partial charge on any atom is -0.328 e. The summed E-state index contributed by atoms with van der Waals surface area (Å²) < 4.78 is 77.3. The van der Waals surface area contributed by atoms with Crippen LogP contribution in [0.4, 0.5) is 17.6 Å². The molecule has 1 aliphatic carbocycles. The summed E-state index contributed by atoms with van der Waals surface area (Å²) in [5.41, 5.74) is 4.50. The van der Waals surface area contributed by atoms with Crippen LogP contribution in [-0.4, -0.2) is 19.5 Å². The van der Waals surface area contributed by atoms with Gasteiger partial charge in [0.15, 0.2) is 0 Å². The molecule has 0 aliphatic heterocycles. The van der Waals surface area contributed by atoms with Crippen molar-refractivity contribution < 1.29 is 26.0 Å². The van der Waals surface area contributed by atoms with Gasteiger partial charge in [0.1, 0.15) is 0 Å². The van der Waals surface area contributed by atoms with Crippen LogP contribution in [0.15, 0.2) is 29.2 Å². The van der Waals surface area contributed by atoms with Gasteiger partial charge in [0.05, 0.1) is 10.5 Å². The second-order valence-electron chi connectivity index (χ2n) is 5.25. The number of benzene rings is 1.